The highest BCUT2D eigenvalue weighted by Crippen LogP contribution is 2.62. The zero-order valence-electron chi connectivity index (χ0n) is 10.9. The molecule has 4 aliphatic carbocycles. The van der Waals surface area contributed by atoms with E-state index in [2.05, 4.69) is 12.4 Å². The Hall–Kier alpha value is -0.0400. The van der Waals surface area contributed by atoms with Gasteiger partial charge in [0.25, 0.3) is 0 Å². The fourth-order valence-electron chi connectivity index (χ4n) is 5.08. The molecule has 2 bridgehead atoms. The lowest BCUT2D eigenvalue weighted by Crippen LogP contribution is -2.48. The Kier molecular flexibility index (Phi) is 2.78. The van der Waals surface area contributed by atoms with E-state index >= 15 is 0 Å². The molecular weight excluding hydrogens is 194 g/mol. The normalized spacial score (nSPS) is 44.1. The minimum Gasteiger partial charge on any atom is -0.319 e. The molecule has 4 fully saturated rings. The molecule has 0 aromatic carbocycles. The van der Waals surface area contributed by atoms with Gasteiger partial charge in [-0.1, -0.05) is 12.8 Å². The highest BCUT2D eigenvalue weighted by molar-refractivity contribution is 5.03. The van der Waals surface area contributed by atoms with Crippen molar-refractivity contribution in [3.63, 3.8) is 0 Å². The summed E-state index contributed by atoms with van der Waals surface area (Å²) < 4.78 is 0. The van der Waals surface area contributed by atoms with Crippen molar-refractivity contribution in [3.05, 3.63) is 0 Å². The van der Waals surface area contributed by atoms with Crippen LogP contribution in [0.5, 0.6) is 0 Å². The van der Waals surface area contributed by atoms with E-state index < -0.39 is 0 Å². The zero-order valence-corrected chi connectivity index (χ0v) is 10.9. The monoisotopic (exact) mass is 221 g/mol. The Morgan fingerprint density at radius 2 is 1.50 bits per heavy atom. The van der Waals surface area contributed by atoms with Crippen LogP contribution in [0.15, 0.2) is 0 Å². The molecule has 0 saturated heterocycles. The first-order valence-corrected chi connectivity index (χ1v) is 7.43. The first kappa shape index (κ1) is 11.1. The number of nitrogens with one attached hydrogen (secondary N) is 1. The molecule has 0 unspecified atom stereocenters. The Bertz CT molecular complexity index is 228. The Morgan fingerprint density at radius 1 is 0.938 bits per heavy atom. The van der Waals surface area contributed by atoms with Crippen molar-refractivity contribution in [1.29, 1.82) is 0 Å². The van der Waals surface area contributed by atoms with Crippen molar-refractivity contribution < 1.29 is 0 Å². The van der Waals surface area contributed by atoms with Gasteiger partial charge in [0.15, 0.2) is 0 Å². The smallest absolute Gasteiger partial charge is 0.000481 e. The number of hydrogen-bond donors (Lipinski definition) is 1. The molecule has 0 aromatic rings. The summed E-state index contributed by atoms with van der Waals surface area (Å²) >= 11 is 0. The molecule has 1 nitrogen and oxygen atoms in total. The Morgan fingerprint density at radius 3 is 2.00 bits per heavy atom. The van der Waals surface area contributed by atoms with E-state index in [1.165, 1.54) is 38.6 Å². The first-order valence-electron chi connectivity index (χ1n) is 7.43. The van der Waals surface area contributed by atoms with E-state index in [1.807, 2.05) is 0 Å². The summed E-state index contributed by atoms with van der Waals surface area (Å²) in [5.74, 6) is 1.11. The van der Waals surface area contributed by atoms with Crippen LogP contribution in [0.25, 0.3) is 0 Å². The average molecular weight is 221 g/mol. The van der Waals surface area contributed by atoms with E-state index in [1.54, 1.807) is 32.1 Å². The molecule has 0 amide bonds. The van der Waals surface area contributed by atoms with Gasteiger partial charge in [0.2, 0.25) is 0 Å². The predicted octanol–water partition coefficient (Wildman–Crippen LogP) is 3.74. The van der Waals surface area contributed by atoms with Crippen molar-refractivity contribution in [2.24, 2.45) is 16.7 Å². The van der Waals surface area contributed by atoms with Crippen LogP contribution in [-0.4, -0.2) is 13.6 Å². The molecule has 0 aromatic heterocycles. The molecule has 4 saturated carbocycles. The molecule has 92 valence electrons. The van der Waals surface area contributed by atoms with E-state index in [-0.39, 0.29) is 0 Å². The third kappa shape index (κ3) is 1.63. The highest BCUT2D eigenvalue weighted by Gasteiger charge is 2.51. The van der Waals surface area contributed by atoms with Gasteiger partial charge < -0.3 is 5.32 Å². The van der Waals surface area contributed by atoms with Crippen LogP contribution in [0.4, 0.5) is 0 Å². The van der Waals surface area contributed by atoms with Crippen molar-refractivity contribution in [1.82, 2.24) is 5.32 Å². The fraction of sp³-hybridized carbons (Fsp3) is 1.00. The standard InChI is InChI=1S/C15H27N/c1-16-12-14-6-9-15(10-7-14,11-8-14)13-4-2-3-5-13/h13,16H,2-12H2,1H3. The van der Waals surface area contributed by atoms with Crippen molar-refractivity contribution in [2.45, 2.75) is 64.2 Å². The van der Waals surface area contributed by atoms with Crippen LogP contribution in [0.2, 0.25) is 0 Å². The predicted molar refractivity (Wildman–Crippen MR) is 68.5 cm³/mol. The van der Waals surface area contributed by atoms with Gasteiger partial charge in [-0.2, -0.15) is 0 Å². The van der Waals surface area contributed by atoms with Gasteiger partial charge in [0.05, 0.1) is 0 Å². The van der Waals surface area contributed by atoms with E-state index in [0.717, 1.165) is 11.3 Å². The third-order valence-corrected chi connectivity index (χ3v) is 6.23. The SMILES string of the molecule is CNCC12CCC(C3CCCC3)(CC1)CC2. The maximum Gasteiger partial charge on any atom is 0.000481 e. The van der Waals surface area contributed by atoms with Crippen molar-refractivity contribution >= 4 is 0 Å². The second-order valence-corrected chi connectivity index (χ2v) is 6.87. The van der Waals surface area contributed by atoms with Gasteiger partial charge in [-0.25, -0.2) is 0 Å². The average Bonchev–Trinajstić information content (AvgIpc) is 2.86. The van der Waals surface area contributed by atoms with Crippen LogP contribution in [-0.2, 0) is 0 Å². The van der Waals surface area contributed by atoms with Crippen molar-refractivity contribution in [3.8, 4) is 0 Å². The van der Waals surface area contributed by atoms with Gasteiger partial charge >= 0.3 is 0 Å². The number of hydrogen-bond acceptors (Lipinski definition) is 1. The summed E-state index contributed by atoms with van der Waals surface area (Å²) in [6, 6.07) is 0. The molecule has 1 heteroatoms. The number of rotatable bonds is 3. The molecule has 0 spiro atoms. The topological polar surface area (TPSA) is 12.0 Å². The molecule has 0 aliphatic heterocycles. The molecule has 0 atom stereocenters. The molecule has 4 rings (SSSR count). The summed E-state index contributed by atoms with van der Waals surface area (Å²) in [6.45, 7) is 1.27. The zero-order chi connectivity index (χ0) is 11.1. The minimum atomic E-state index is 0.703. The number of fused-ring (bicyclic) bond motifs is 3. The van der Waals surface area contributed by atoms with Crippen LogP contribution >= 0.6 is 0 Å². The van der Waals surface area contributed by atoms with Gasteiger partial charge in [-0.05, 0) is 75.2 Å². The van der Waals surface area contributed by atoms with Gasteiger partial charge in [-0.3, -0.25) is 0 Å². The van der Waals surface area contributed by atoms with Crippen LogP contribution < -0.4 is 5.32 Å². The summed E-state index contributed by atoms with van der Waals surface area (Å²) in [5, 5.41) is 3.44. The van der Waals surface area contributed by atoms with E-state index in [0.29, 0.717) is 5.41 Å². The summed E-state index contributed by atoms with van der Waals surface area (Å²) in [5.41, 5.74) is 1.51. The summed E-state index contributed by atoms with van der Waals surface area (Å²) in [4.78, 5) is 0. The lowest BCUT2D eigenvalue weighted by molar-refractivity contribution is -0.0443. The maximum absolute atomic E-state index is 3.44. The van der Waals surface area contributed by atoms with Crippen LogP contribution in [0.3, 0.4) is 0 Å². The largest absolute Gasteiger partial charge is 0.319 e. The van der Waals surface area contributed by atoms with Crippen LogP contribution in [0.1, 0.15) is 64.2 Å². The molecule has 0 heterocycles. The van der Waals surface area contributed by atoms with Gasteiger partial charge in [0.1, 0.15) is 0 Å². The maximum atomic E-state index is 3.44. The quantitative estimate of drug-likeness (QED) is 0.765. The Balaban J connectivity index is 1.70. The molecule has 16 heavy (non-hydrogen) atoms. The summed E-state index contributed by atoms with van der Waals surface area (Å²) in [7, 11) is 2.13. The van der Waals surface area contributed by atoms with Crippen molar-refractivity contribution in [2.75, 3.05) is 13.6 Å². The minimum absolute atomic E-state index is 0.703. The highest BCUT2D eigenvalue weighted by atomic mass is 14.8. The fourth-order valence-corrected chi connectivity index (χ4v) is 5.08. The van der Waals surface area contributed by atoms with E-state index in [4.69, 9.17) is 0 Å². The second-order valence-electron chi connectivity index (χ2n) is 6.87. The lowest BCUT2D eigenvalue weighted by atomic mass is 9.50. The van der Waals surface area contributed by atoms with Gasteiger partial charge in [-0.15, -0.1) is 0 Å². The Labute approximate surface area is 100 Å². The molecule has 4 aliphatic rings. The third-order valence-electron chi connectivity index (χ3n) is 6.23. The van der Waals surface area contributed by atoms with E-state index in [9.17, 15) is 0 Å². The second kappa shape index (κ2) is 4.01. The molecular formula is C15H27N. The molecule has 0 radical (unpaired) electrons. The van der Waals surface area contributed by atoms with Crippen LogP contribution in [0, 0.1) is 16.7 Å². The molecule has 1 N–H and O–H groups in total. The lowest BCUT2D eigenvalue weighted by Gasteiger charge is -2.56. The van der Waals surface area contributed by atoms with Gasteiger partial charge in [0, 0.05) is 6.54 Å². The summed E-state index contributed by atoms with van der Waals surface area (Å²) in [6.07, 6.45) is 15.4. The first-order chi connectivity index (χ1) is 7.79.